The quantitative estimate of drug-likeness (QED) is 0.394. The van der Waals surface area contributed by atoms with Crippen LogP contribution in [0.15, 0.2) is 29.3 Å². The zero-order valence-corrected chi connectivity index (χ0v) is 19.3. The van der Waals surface area contributed by atoms with Crippen LogP contribution >= 0.6 is 24.0 Å². The summed E-state index contributed by atoms with van der Waals surface area (Å²) in [4.78, 5) is 9.47. The van der Waals surface area contributed by atoms with Gasteiger partial charge < -0.3 is 19.9 Å². The van der Waals surface area contributed by atoms with E-state index >= 15 is 0 Å². The molecule has 1 N–H and O–H groups in total. The van der Waals surface area contributed by atoms with E-state index < -0.39 is 0 Å². The van der Waals surface area contributed by atoms with Crippen molar-refractivity contribution >= 4 is 29.9 Å². The first-order chi connectivity index (χ1) is 12.7. The zero-order chi connectivity index (χ0) is 18.4. The summed E-state index contributed by atoms with van der Waals surface area (Å²) in [6.07, 6.45) is 2.66. The van der Waals surface area contributed by atoms with E-state index in [4.69, 9.17) is 4.74 Å². The lowest BCUT2D eigenvalue weighted by Gasteiger charge is -2.36. The van der Waals surface area contributed by atoms with Crippen molar-refractivity contribution in [1.29, 1.82) is 0 Å². The van der Waals surface area contributed by atoms with Gasteiger partial charge in [-0.2, -0.15) is 0 Å². The number of nitrogens with zero attached hydrogens (tertiary/aromatic N) is 3. The fraction of sp³-hybridized carbons (Fsp3) is 0.667. The second-order valence-corrected chi connectivity index (χ2v) is 7.55. The van der Waals surface area contributed by atoms with Crippen LogP contribution in [0.2, 0.25) is 0 Å². The van der Waals surface area contributed by atoms with Crippen LogP contribution in [0.25, 0.3) is 0 Å². The van der Waals surface area contributed by atoms with E-state index in [9.17, 15) is 0 Å². The van der Waals surface area contributed by atoms with Gasteiger partial charge in [-0.25, -0.2) is 0 Å². The number of morpholine rings is 1. The number of aliphatic imine (C=N–C) groups is 1. The van der Waals surface area contributed by atoms with Crippen molar-refractivity contribution in [2.24, 2.45) is 10.9 Å². The van der Waals surface area contributed by atoms with Crippen molar-refractivity contribution < 1.29 is 4.74 Å². The fourth-order valence-electron chi connectivity index (χ4n) is 4.14. The minimum atomic E-state index is 0. The Morgan fingerprint density at radius 1 is 1.26 bits per heavy atom. The standard InChI is InChI=1S/C21H34N4O.HI/c1-4-10-24-11-9-18(15-24)14-23-21(22-3)25-12-13-26-20(16-25)19-8-6-5-7-17(19)2;/h5-8,18,20H,4,9-16H2,1-3H3,(H,22,23);1H. The molecule has 0 spiro atoms. The van der Waals surface area contributed by atoms with E-state index in [2.05, 4.69) is 58.2 Å². The summed E-state index contributed by atoms with van der Waals surface area (Å²) >= 11 is 0. The van der Waals surface area contributed by atoms with Crippen LogP contribution in [0.5, 0.6) is 0 Å². The summed E-state index contributed by atoms with van der Waals surface area (Å²) in [5.41, 5.74) is 2.59. The molecule has 5 nitrogen and oxygen atoms in total. The van der Waals surface area contributed by atoms with Gasteiger partial charge in [0.15, 0.2) is 5.96 Å². The third-order valence-corrected chi connectivity index (χ3v) is 5.57. The molecule has 2 saturated heterocycles. The number of guanidine groups is 1. The first kappa shape index (κ1) is 22.4. The summed E-state index contributed by atoms with van der Waals surface area (Å²) in [7, 11) is 1.89. The molecule has 3 rings (SSSR count). The number of rotatable bonds is 5. The molecule has 2 aliphatic rings. The van der Waals surface area contributed by atoms with Crippen molar-refractivity contribution in [2.75, 3.05) is 52.9 Å². The molecule has 0 aromatic heterocycles. The number of benzene rings is 1. The highest BCUT2D eigenvalue weighted by Gasteiger charge is 2.26. The largest absolute Gasteiger partial charge is 0.370 e. The first-order valence-corrected chi connectivity index (χ1v) is 10.1. The monoisotopic (exact) mass is 486 g/mol. The Morgan fingerprint density at radius 2 is 2.07 bits per heavy atom. The Bertz CT molecular complexity index is 610. The number of ether oxygens (including phenoxy) is 1. The molecule has 2 heterocycles. The maximum atomic E-state index is 6.06. The van der Waals surface area contributed by atoms with Crippen LogP contribution in [0.1, 0.15) is 37.0 Å². The molecule has 2 unspecified atom stereocenters. The Morgan fingerprint density at radius 3 is 2.81 bits per heavy atom. The van der Waals surface area contributed by atoms with Crippen molar-refractivity contribution in [1.82, 2.24) is 15.1 Å². The average Bonchev–Trinajstić information content (AvgIpc) is 3.11. The third-order valence-electron chi connectivity index (χ3n) is 5.57. The molecule has 1 aromatic rings. The number of nitrogens with one attached hydrogen (secondary N) is 1. The topological polar surface area (TPSA) is 40.1 Å². The van der Waals surface area contributed by atoms with Crippen LogP contribution in [-0.4, -0.2) is 68.7 Å². The fourth-order valence-corrected chi connectivity index (χ4v) is 4.14. The highest BCUT2D eigenvalue weighted by atomic mass is 127. The minimum Gasteiger partial charge on any atom is -0.370 e. The molecular formula is C21H35IN4O. The van der Waals surface area contributed by atoms with Crippen molar-refractivity contribution in [2.45, 2.75) is 32.8 Å². The van der Waals surface area contributed by atoms with Gasteiger partial charge in [-0.1, -0.05) is 31.2 Å². The van der Waals surface area contributed by atoms with E-state index in [0.717, 1.165) is 38.1 Å². The molecule has 152 valence electrons. The van der Waals surface area contributed by atoms with Gasteiger partial charge in [0.05, 0.1) is 13.2 Å². The molecule has 27 heavy (non-hydrogen) atoms. The minimum absolute atomic E-state index is 0. The smallest absolute Gasteiger partial charge is 0.193 e. The SMILES string of the molecule is CCCN1CCC(CNC(=NC)N2CCOC(c3ccccc3C)C2)C1.I. The lowest BCUT2D eigenvalue weighted by atomic mass is 10.0. The van der Waals surface area contributed by atoms with Gasteiger partial charge in [0.2, 0.25) is 0 Å². The molecule has 0 amide bonds. The Kier molecular flexibility index (Phi) is 9.32. The lowest BCUT2D eigenvalue weighted by Crippen LogP contribution is -2.49. The summed E-state index contributed by atoms with van der Waals surface area (Å²) < 4.78 is 6.06. The number of likely N-dealkylation sites (tertiary alicyclic amines) is 1. The Hall–Kier alpha value is -0.860. The van der Waals surface area contributed by atoms with Crippen molar-refractivity contribution in [3.63, 3.8) is 0 Å². The second-order valence-electron chi connectivity index (χ2n) is 7.55. The van der Waals surface area contributed by atoms with Crippen LogP contribution in [0.3, 0.4) is 0 Å². The molecule has 2 fully saturated rings. The highest BCUT2D eigenvalue weighted by Crippen LogP contribution is 2.25. The van der Waals surface area contributed by atoms with Gasteiger partial charge in [-0.3, -0.25) is 4.99 Å². The predicted octanol–water partition coefficient (Wildman–Crippen LogP) is 3.29. The molecule has 1 aromatic carbocycles. The van der Waals surface area contributed by atoms with Crippen LogP contribution in [0, 0.1) is 12.8 Å². The van der Waals surface area contributed by atoms with Crippen molar-refractivity contribution in [3.05, 3.63) is 35.4 Å². The first-order valence-electron chi connectivity index (χ1n) is 10.1. The third kappa shape index (κ3) is 6.06. The average molecular weight is 486 g/mol. The molecule has 6 heteroatoms. The zero-order valence-electron chi connectivity index (χ0n) is 17.0. The molecule has 0 bridgehead atoms. The van der Waals surface area contributed by atoms with E-state index in [1.807, 2.05) is 7.05 Å². The number of aryl methyl sites for hydroxylation is 1. The Labute approximate surface area is 181 Å². The van der Waals surface area contributed by atoms with Crippen LogP contribution < -0.4 is 5.32 Å². The molecule has 0 aliphatic carbocycles. The number of hydrogen-bond acceptors (Lipinski definition) is 3. The van der Waals surface area contributed by atoms with E-state index in [1.165, 1.54) is 43.6 Å². The lowest BCUT2D eigenvalue weighted by molar-refractivity contribution is -0.00836. The maximum Gasteiger partial charge on any atom is 0.193 e. The highest BCUT2D eigenvalue weighted by molar-refractivity contribution is 14.0. The van der Waals surface area contributed by atoms with Gasteiger partial charge in [-0.15, -0.1) is 24.0 Å². The van der Waals surface area contributed by atoms with Gasteiger partial charge >= 0.3 is 0 Å². The molecule has 0 saturated carbocycles. The maximum absolute atomic E-state index is 6.06. The van der Waals surface area contributed by atoms with Crippen molar-refractivity contribution in [3.8, 4) is 0 Å². The van der Waals surface area contributed by atoms with Crippen LogP contribution in [-0.2, 0) is 4.74 Å². The second kappa shape index (κ2) is 11.2. The van der Waals surface area contributed by atoms with E-state index in [0.29, 0.717) is 0 Å². The van der Waals surface area contributed by atoms with E-state index in [-0.39, 0.29) is 30.1 Å². The molecular weight excluding hydrogens is 451 g/mol. The van der Waals surface area contributed by atoms with Gasteiger partial charge in [0.1, 0.15) is 6.10 Å². The van der Waals surface area contributed by atoms with Gasteiger partial charge in [0.25, 0.3) is 0 Å². The molecule has 2 aliphatic heterocycles. The van der Waals surface area contributed by atoms with Crippen LogP contribution in [0.4, 0.5) is 0 Å². The molecule has 2 atom stereocenters. The normalized spacial score (nSPS) is 24.0. The van der Waals surface area contributed by atoms with E-state index in [1.54, 1.807) is 0 Å². The molecule has 0 radical (unpaired) electrons. The number of hydrogen-bond donors (Lipinski definition) is 1. The van der Waals surface area contributed by atoms with Gasteiger partial charge in [0, 0.05) is 26.7 Å². The summed E-state index contributed by atoms with van der Waals surface area (Å²) in [6, 6.07) is 8.52. The summed E-state index contributed by atoms with van der Waals surface area (Å²) in [5.74, 6) is 1.74. The predicted molar refractivity (Wildman–Crippen MR) is 123 cm³/mol. The number of halogens is 1. The summed E-state index contributed by atoms with van der Waals surface area (Å²) in [6.45, 7) is 11.6. The van der Waals surface area contributed by atoms with Gasteiger partial charge in [-0.05, 0) is 49.9 Å². The summed E-state index contributed by atoms with van der Waals surface area (Å²) in [5, 5.41) is 3.62. The Balaban J connectivity index is 0.00000261.